The minimum absolute atomic E-state index is 0.0360. The number of aliphatic hydroxyl groups is 1. The van der Waals surface area contributed by atoms with Crippen LogP contribution >= 0.6 is 11.8 Å². The van der Waals surface area contributed by atoms with Crippen LogP contribution in [0.3, 0.4) is 0 Å². The van der Waals surface area contributed by atoms with Crippen molar-refractivity contribution in [2.24, 2.45) is 5.92 Å². The van der Waals surface area contributed by atoms with Crippen molar-refractivity contribution in [1.29, 1.82) is 0 Å². The molecule has 104 valence electrons. The van der Waals surface area contributed by atoms with Crippen molar-refractivity contribution in [2.45, 2.75) is 44.2 Å². The van der Waals surface area contributed by atoms with Gasteiger partial charge in [0.25, 0.3) is 0 Å². The van der Waals surface area contributed by atoms with E-state index in [1.54, 1.807) is 11.8 Å². The quantitative estimate of drug-likeness (QED) is 0.709. The van der Waals surface area contributed by atoms with E-state index in [1.807, 2.05) is 0 Å². The summed E-state index contributed by atoms with van der Waals surface area (Å²) >= 11 is 1.81. The van der Waals surface area contributed by atoms with E-state index >= 15 is 0 Å². The maximum Gasteiger partial charge on any atom is 0.238 e. The first-order chi connectivity index (χ1) is 8.59. The first kappa shape index (κ1) is 14.2. The van der Waals surface area contributed by atoms with Crippen LogP contribution in [0.5, 0.6) is 0 Å². The van der Waals surface area contributed by atoms with Crippen LogP contribution in [-0.4, -0.2) is 47.3 Å². The largest absolute Gasteiger partial charge is 0.388 e. The average molecular weight is 272 g/mol. The second-order valence-corrected chi connectivity index (χ2v) is 6.88. The zero-order valence-electron chi connectivity index (χ0n) is 11.1. The van der Waals surface area contributed by atoms with E-state index in [-0.39, 0.29) is 11.9 Å². The van der Waals surface area contributed by atoms with Crippen molar-refractivity contribution in [2.75, 3.05) is 24.6 Å². The Bertz CT molecular complexity index is 295. The summed E-state index contributed by atoms with van der Waals surface area (Å²) in [5.41, 5.74) is -0.685. The topological polar surface area (TPSA) is 61.4 Å². The number of hydrogen-bond acceptors (Lipinski definition) is 4. The van der Waals surface area contributed by atoms with Crippen LogP contribution in [-0.2, 0) is 4.79 Å². The minimum atomic E-state index is -0.685. The number of carbonyl (C=O) groups excluding carboxylic acids is 1. The van der Waals surface area contributed by atoms with Gasteiger partial charge in [0, 0.05) is 24.6 Å². The van der Waals surface area contributed by atoms with Gasteiger partial charge in [-0.1, -0.05) is 19.8 Å². The molecule has 0 radical (unpaired) electrons. The van der Waals surface area contributed by atoms with Gasteiger partial charge < -0.3 is 15.7 Å². The molecule has 2 aliphatic rings. The van der Waals surface area contributed by atoms with Gasteiger partial charge in [-0.2, -0.15) is 11.8 Å². The highest BCUT2D eigenvalue weighted by Crippen LogP contribution is 2.31. The molecule has 1 saturated heterocycles. The molecular weight excluding hydrogens is 248 g/mol. The molecule has 1 amide bonds. The normalized spacial score (nSPS) is 37.2. The van der Waals surface area contributed by atoms with E-state index in [9.17, 15) is 9.90 Å². The van der Waals surface area contributed by atoms with Crippen molar-refractivity contribution in [3.05, 3.63) is 0 Å². The Morgan fingerprint density at radius 3 is 3.11 bits per heavy atom. The van der Waals surface area contributed by atoms with Crippen LogP contribution in [0.25, 0.3) is 0 Å². The van der Waals surface area contributed by atoms with Gasteiger partial charge >= 0.3 is 0 Å². The monoisotopic (exact) mass is 272 g/mol. The van der Waals surface area contributed by atoms with Crippen LogP contribution in [0.1, 0.15) is 32.6 Å². The number of amides is 1. The second-order valence-electron chi connectivity index (χ2n) is 5.73. The highest BCUT2D eigenvalue weighted by atomic mass is 32.2. The molecule has 0 aromatic carbocycles. The summed E-state index contributed by atoms with van der Waals surface area (Å²) < 4.78 is 0. The lowest BCUT2D eigenvalue weighted by atomic mass is 9.79. The molecule has 1 heterocycles. The summed E-state index contributed by atoms with van der Waals surface area (Å²) in [6.07, 6.45) is 3.87. The minimum Gasteiger partial charge on any atom is -0.388 e. The summed E-state index contributed by atoms with van der Waals surface area (Å²) in [5, 5.41) is 16.6. The SMILES string of the molecule is CC1CCCC(O)(CNC(=O)C2CSCCN2)C1. The van der Waals surface area contributed by atoms with Crippen molar-refractivity contribution >= 4 is 17.7 Å². The maximum atomic E-state index is 12.0. The highest BCUT2D eigenvalue weighted by molar-refractivity contribution is 7.99. The number of hydrogen-bond donors (Lipinski definition) is 3. The molecule has 0 aromatic heterocycles. The predicted octanol–water partition coefficient (Wildman–Crippen LogP) is 0.749. The van der Waals surface area contributed by atoms with E-state index in [0.717, 1.165) is 37.3 Å². The zero-order valence-corrected chi connectivity index (χ0v) is 11.9. The van der Waals surface area contributed by atoms with Gasteiger partial charge in [0.1, 0.15) is 0 Å². The summed E-state index contributed by atoms with van der Waals surface area (Å²) in [6, 6.07) is -0.0895. The standard InChI is InChI=1S/C13H24N2O2S/c1-10-3-2-4-13(17,7-10)9-15-12(16)11-8-18-6-5-14-11/h10-11,14,17H,2-9H2,1H3,(H,15,16). The number of thioether (sulfide) groups is 1. The lowest BCUT2D eigenvalue weighted by Crippen LogP contribution is -2.53. The van der Waals surface area contributed by atoms with Crippen LogP contribution in [0.4, 0.5) is 0 Å². The van der Waals surface area contributed by atoms with Gasteiger partial charge in [-0.15, -0.1) is 0 Å². The van der Waals surface area contributed by atoms with Crippen LogP contribution in [0, 0.1) is 5.92 Å². The number of rotatable bonds is 3. The molecule has 1 saturated carbocycles. The maximum absolute atomic E-state index is 12.0. The predicted molar refractivity (Wildman–Crippen MR) is 74.7 cm³/mol. The Balaban J connectivity index is 1.77. The lowest BCUT2D eigenvalue weighted by Gasteiger charge is -2.36. The third kappa shape index (κ3) is 3.87. The van der Waals surface area contributed by atoms with Crippen molar-refractivity contribution < 1.29 is 9.90 Å². The first-order valence-electron chi connectivity index (χ1n) is 6.90. The summed E-state index contributed by atoms with van der Waals surface area (Å²) in [7, 11) is 0. The smallest absolute Gasteiger partial charge is 0.238 e. The fourth-order valence-electron chi connectivity index (χ4n) is 2.90. The molecule has 1 aliphatic carbocycles. The van der Waals surface area contributed by atoms with E-state index < -0.39 is 5.60 Å². The molecule has 2 fully saturated rings. The molecule has 5 heteroatoms. The molecular formula is C13H24N2O2S. The van der Waals surface area contributed by atoms with Crippen LogP contribution in [0.2, 0.25) is 0 Å². The Hall–Kier alpha value is -0.260. The van der Waals surface area contributed by atoms with E-state index in [2.05, 4.69) is 17.6 Å². The Labute approximate surface area is 113 Å². The number of carbonyl (C=O) groups is 1. The third-order valence-electron chi connectivity index (χ3n) is 3.90. The molecule has 18 heavy (non-hydrogen) atoms. The number of nitrogens with one attached hydrogen (secondary N) is 2. The molecule has 2 rings (SSSR count). The zero-order chi connectivity index (χ0) is 13.0. The van der Waals surface area contributed by atoms with Crippen LogP contribution in [0.15, 0.2) is 0 Å². The Morgan fingerprint density at radius 1 is 1.61 bits per heavy atom. The van der Waals surface area contributed by atoms with E-state index in [1.165, 1.54) is 6.42 Å². The first-order valence-corrected chi connectivity index (χ1v) is 8.06. The van der Waals surface area contributed by atoms with E-state index in [0.29, 0.717) is 12.5 Å². The van der Waals surface area contributed by atoms with Gasteiger partial charge in [0.2, 0.25) is 5.91 Å². The van der Waals surface area contributed by atoms with Crippen molar-refractivity contribution in [1.82, 2.24) is 10.6 Å². The average Bonchev–Trinajstić information content (AvgIpc) is 2.37. The summed E-state index contributed by atoms with van der Waals surface area (Å²) in [5.74, 6) is 2.50. The Morgan fingerprint density at radius 2 is 2.44 bits per heavy atom. The molecule has 0 spiro atoms. The van der Waals surface area contributed by atoms with E-state index in [4.69, 9.17) is 0 Å². The summed E-state index contributed by atoms with van der Waals surface area (Å²) in [6.45, 7) is 3.47. The third-order valence-corrected chi connectivity index (χ3v) is 4.96. The summed E-state index contributed by atoms with van der Waals surface area (Å²) in [4.78, 5) is 12.0. The van der Waals surface area contributed by atoms with Crippen molar-refractivity contribution in [3.8, 4) is 0 Å². The fourth-order valence-corrected chi connectivity index (χ4v) is 3.84. The van der Waals surface area contributed by atoms with Gasteiger partial charge in [-0.25, -0.2) is 0 Å². The van der Waals surface area contributed by atoms with Crippen molar-refractivity contribution in [3.63, 3.8) is 0 Å². The van der Waals surface area contributed by atoms with Gasteiger partial charge in [-0.3, -0.25) is 4.79 Å². The lowest BCUT2D eigenvalue weighted by molar-refractivity contribution is -0.124. The Kier molecular flexibility index (Phi) is 4.92. The molecule has 3 atom stereocenters. The van der Waals surface area contributed by atoms with Gasteiger partial charge in [0.05, 0.1) is 11.6 Å². The molecule has 1 aliphatic heterocycles. The van der Waals surface area contributed by atoms with Crippen LogP contribution < -0.4 is 10.6 Å². The van der Waals surface area contributed by atoms with Gasteiger partial charge in [0.15, 0.2) is 0 Å². The fraction of sp³-hybridized carbons (Fsp3) is 0.923. The molecule has 3 N–H and O–H groups in total. The van der Waals surface area contributed by atoms with Gasteiger partial charge in [-0.05, 0) is 18.8 Å². The molecule has 4 nitrogen and oxygen atoms in total. The molecule has 0 bridgehead atoms. The molecule has 0 aromatic rings. The molecule has 3 unspecified atom stereocenters. The second kappa shape index (κ2) is 6.26. The highest BCUT2D eigenvalue weighted by Gasteiger charge is 2.33.